The molecule has 0 fully saturated rings. The Labute approximate surface area is 95.6 Å². The van der Waals surface area contributed by atoms with Crippen LogP contribution < -0.4 is 10.5 Å². The zero-order valence-electron chi connectivity index (χ0n) is 9.79. The average molecular weight is 218 g/mol. The maximum absolute atomic E-state index is 5.83. The topological polar surface area (TPSA) is 51.0 Å². The number of nitrogens with two attached hydrogens (primary N) is 1. The van der Waals surface area contributed by atoms with Crippen LogP contribution in [0.4, 0.5) is 0 Å². The smallest absolute Gasteiger partial charge is 0.143 e. The monoisotopic (exact) mass is 218 g/mol. The zero-order chi connectivity index (χ0) is 11.5. The fourth-order valence-electron chi connectivity index (χ4n) is 1.98. The molecule has 3 nitrogen and oxygen atoms in total. The third-order valence-corrected chi connectivity index (χ3v) is 2.60. The molecule has 2 aromatic rings. The van der Waals surface area contributed by atoms with Crippen molar-refractivity contribution in [2.24, 2.45) is 5.73 Å². The van der Waals surface area contributed by atoms with Gasteiger partial charge >= 0.3 is 0 Å². The lowest BCUT2D eigenvalue weighted by atomic mass is 10.1. The highest BCUT2D eigenvalue weighted by molar-refractivity contribution is 5.88. The predicted octanol–water partition coefficient (Wildman–Crippen LogP) is 2.46. The van der Waals surface area contributed by atoms with E-state index in [2.05, 4.69) is 11.1 Å². The second kappa shape index (κ2) is 4.58. The molecule has 3 heteroatoms. The van der Waals surface area contributed by atoms with E-state index >= 15 is 0 Å². The van der Waals surface area contributed by atoms with Crippen molar-refractivity contribution in [3.05, 3.63) is 30.0 Å². The molecule has 0 aliphatic rings. The minimum absolute atomic E-state index is 0.176. The summed E-state index contributed by atoms with van der Waals surface area (Å²) in [6.45, 7) is 4.69. The summed E-state index contributed by atoms with van der Waals surface area (Å²) in [5.74, 6) is 0.913. The number of H-pyrrole nitrogens is 1. The Morgan fingerprint density at radius 2 is 2.25 bits per heavy atom. The Bertz CT molecular complexity index is 474. The highest BCUT2D eigenvalue weighted by atomic mass is 16.5. The summed E-state index contributed by atoms with van der Waals surface area (Å²) in [5, 5.41) is 1.21. The van der Waals surface area contributed by atoms with Crippen molar-refractivity contribution in [2.75, 3.05) is 6.61 Å². The van der Waals surface area contributed by atoms with Crippen LogP contribution in [0.1, 0.15) is 19.4 Å². The van der Waals surface area contributed by atoms with Gasteiger partial charge in [-0.25, -0.2) is 0 Å². The molecule has 1 atom stereocenters. The van der Waals surface area contributed by atoms with Crippen LogP contribution in [0.5, 0.6) is 5.75 Å². The van der Waals surface area contributed by atoms with Crippen LogP contribution in [0.3, 0.4) is 0 Å². The Morgan fingerprint density at radius 3 is 2.94 bits per heavy atom. The minimum atomic E-state index is 0.176. The SMILES string of the molecule is CCOc1cccc2c(CC(C)N)c[nH]c12. The van der Waals surface area contributed by atoms with E-state index in [4.69, 9.17) is 10.5 Å². The van der Waals surface area contributed by atoms with Crippen LogP contribution in [0.25, 0.3) is 10.9 Å². The van der Waals surface area contributed by atoms with Crippen molar-refractivity contribution in [2.45, 2.75) is 26.3 Å². The van der Waals surface area contributed by atoms with Gasteiger partial charge in [-0.3, -0.25) is 0 Å². The minimum Gasteiger partial charge on any atom is -0.492 e. The lowest BCUT2D eigenvalue weighted by Crippen LogP contribution is -2.17. The lowest BCUT2D eigenvalue weighted by Gasteiger charge is -2.05. The van der Waals surface area contributed by atoms with Gasteiger partial charge in [0.15, 0.2) is 0 Å². The Morgan fingerprint density at radius 1 is 1.44 bits per heavy atom. The van der Waals surface area contributed by atoms with Crippen molar-refractivity contribution in [3.63, 3.8) is 0 Å². The van der Waals surface area contributed by atoms with Gasteiger partial charge < -0.3 is 15.5 Å². The molecular weight excluding hydrogens is 200 g/mol. The van der Waals surface area contributed by atoms with Crippen LogP contribution in [-0.4, -0.2) is 17.6 Å². The van der Waals surface area contributed by atoms with Crippen molar-refractivity contribution < 1.29 is 4.74 Å². The molecule has 0 amide bonds. The number of aromatic amines is 1. The summed E-state index contributed by atoms with van der Waals surface area (Å²) in [7, 11) is 0. The van der Waals surface area contributed by atoms with E-state index in [1.165, 1.54) is 10.9 Å². The Balaban J connectivity index is 2.44. The molecule has 0 radical (unpaired) electrons. The third kappa shape index (κ3) is 2.04. The summed E-state index contributed by atoms with van der Waals surface area (Å²) >= 11 is 0. The summed E-state index contributed by atoms with van der Waals surface area (Å²) in [6.07, 6.45) is 2.91. The highest BCUT2D eigenvalue weighted by Crippen LogP contribution is 2.27. The number of ether oxygens (including phenoxy) is 1. The first-order chi connectivity index (χ1) is 7.72. The summed E-state index contributed by atoms with van der Waals surface area (Å²) in [6, 6.07) is 6.28. The molecule has 1 unspecified atom stereocenters. The molecule has 0 saturated heterocycles. The van der Waals surface area contributed by atoms with Crippen LogP contribution in [0, 0.1) is 0 Å². The number of hydrogen-bond acceptors (Lipinski definition) is 2. The fraction of sp³-hybridized carbons (Fsp3) is 0.385. The maximum Gasteiger partial charge on any atom is 0.143 e. The van der Waals surface area contributed by atoms with Crippen LogP contribution in [-0.2, 0) is 6.42 Å². The number of aromatic nitrogens is 1. The van der Waals surface area contributed by atoms with Crippen molar-refractivity contribution in [1.29, 1.82) is 0 Å². The summed E-state index contributed by atoms with van der Waals surface area (Å²) < 4.78 is 5.57. The first-order valence-electron chi connectivity index (χ1n) is 5.69. The predicted molar refractivity (Wildman–Crippen MR) is 66.8 cm³/mol. The van der Waals surface area contributed by atoms with Crippen LogP contribution in [0.15, 0.2) is 24.4 Å². The number of fused-ring (bicyclic) bond motifs is 1. The van der Waals surface area contributed by atoms with Gasteiger partial charge in [0.1, 0.15) is 5.75 Å². The van der Waals surface area contributed by atoms with Gasteiger partial charge in [-0.05, 0) is 31.9 Å². The van der Waals surface area contributed by atoms with E-state index in [1.807, 2.05) is 32.2 Å². The zero-order valence-corrected chi connectivity index (χ0v) is 9.79. The summed E-state index contributed by atoms with van der Waals surface area (Å²) in [4.78, 5) is 3.27. The second-order valence-electron chi connectivity index (χ2n) is 4.11. The standard InChI is InChI=1S/C13H18N2O/c1-3-16-12-6-4-5-11-10(7-9(2)14)8-15-13(11)12/h4-6,8-9,15H,3,7,14H2,1-2H3. The normalized spacial score (nSPS) is 12.9. The molecule has 16 heavy (non-hydrogen) atoms. The molecule has 1 aromatic heterocycles. The molecule has 2 rings (SSSR count). The maximum atomic E-state index is 5.83. The Hall–Kier alpha value is -1.48. The fourth-order valence-corrected chi connectivity index (χ4v) is 1.98. The third-order valence-electron chi connectivity index (χ3n) is 2.60. The molecule has 1 aromatic carbocycles. The van der Waals surface area contributed by atoms with Gasteiger partial charge in [0.05, 0.1) is 12.1 Å². The van der Waals surface area contributed by atoms with Crippen molar-refractivity contribution >= 4 is 10.9 Å². The number of nitrogens with one attached hydrogen (secondary N) is 1. The first kappa shape index (κ1) is 11.0. The molecule has 0 bridgehead atoms. The molecule has 86 valence electrons. The largest absolute Gasteiger partial charge is 0.492 e. The van der Waals surface area contributed by atoms with Gasteiger partial charge in [-0.15, -0.1) is 0 Å². The average Bonchev–Trinajstić information content (AvgIpc) is 2.63. The number of para-hydroxylation sites is 1. The van der Waals surface area contributed by atoms with E-state index in [9.17, 15) is 0 Å². The highest BCUT2D eigenvalue weighted by Gasteiger charge is 2.08. The van der Waals surface area contributed by atoms with E-state index in [0.29, 0.717) is 6.61 Å². The molecule has 0 aliphatic carbocycles. The quantitative estimate of drug-likeness (QED) is 0.828. The van der Waals surface area contributed by atoms with Gasteiger partial charge in [0.2, 0.25) is 0 Å². The number of rotatable bonds is 4. The van der Waals surface area contributed by atoms with E-state index in [0.717, 1.165) is 17.7 Å². The van der Waals surface area contributed by atoms with Crippen LogP contribution >= 0.6 is 0 Å². The molecular formula is C13H18N2O. The first-order valence-corrected chi connectivity index (χ1v) is 5.69. The van der Waals surface area contributed by atoms with Crippen molar-refractivity contribution in [3.8, 4) is 5.75 Å². The van der Waals surface area contributed by atoms with Gasteiger partial charge in [-0.1, -0.05) is 12.1 Å². The van der Waals surface area contributed by atoms with E-state index in [1.54, 1.807) is 0 Å². The Kier molecular flexibility index (Phi) is 3.15. The molecule has 1 heterocycles. The molecule has 3 N–H and O–H groups in total. The molecule has 0 aliphatic heterocycles. The van der Waals surface area contributed by atoms with E-state index < -0.39 is 0 Å². The van der Waals surface area contributed by atoms with Gasteiger partial charge in [0, 0.05) is 17.6 Å². The number of benzene rings is 1. The molecule has 0 spiro atoms. The second-order valence-corrected chi connectivity index (χ2v) is 4.11. The number of hydrogen-bond donors (Lipinski definition) is 2. The van der Waals surface area contributed by atoms with Crippen LogP contribution in [0.2, 0.25) is 0 Å². The van der Waals surface area contributed by atoms with Gasteiger partial charge in [-0.2, -0.15) is 0 Å². The van der Waals surface area contributed by atoms with E-state index in [-0.39, 0.29) is 6.04 Å². The van der Waals surface area contributed by atoms with Crippen molar-refractivity contribution in [1.82, 2.24) is 4.98 Å². The summed E-state index contributed by atoms with van der Waals surface area (Å²) in [5.41, 5.74) is 8.15. The molecule has 0 saturated carbocycles. The lowest BCUT2D eigenvalue weighted by molar-refractivity contribution is 0.344. The van der Waals surface area contributed by atoms with Gasteiger partial charge in [0.25, 0.3) is 0 Å².